The number of halogens is 1. The Bertz CT molecular complexity index is 1490. The van der Waals surface area contributed by atoms with E-state index in [4.69, 9.17) is 16.3 Å². The van der Waals surface area contributed by atoms with Crippen molar-refractivity contribution >= 4 is 40.2 Å². The Kier molecular flexibility index (Phi) is 6.18. The van der Waals surface area contributed by atoms with Crippen LogP contribution in [0.4, 0.5) is 0 Å². The van der Waals surface area contributed by atoms with Crippen LogP contribution in [0.5, 0.6) is 0 Å². The Morgan fingerprint density at radius 3 is 2.32 bits per heavy atom. The Labute approximate surface area is 207 Å². The zero-order chi connectivity index (χ0) is 23.7. The lowest BCUT2D eigenvalue weighted by molar-refractivity contribution is 0.0600. The first kappa shape index (κ1) is 22.3. The van der Waals surface area contributed by atoms with Crippen LogP contribution < -0.4 is 0 Å². The van der Waals surface area contributed by atoms with Crippen LogP contribution in [0.25, 0.3) is 27.7 Å². The molecule has 5 rings (SSSR count). The monoisotopic (exact) mass is 483 g/mol. The molecule has 0 radical (unpaired) electrons. The van der Waals surface area contributed by atoms with E-state index in [-0.39, 0.29) is 5.97 Å². The average molecular weight is 484 g/mol. The quantitative estimate of drug-likeness (QED) is 0.236. The van der Waals surface area contributed by atoms with Gasteiger partial charge in [-0.25, -0.2) is 4.79 Å². The van der Waals surface area contributed by atoms with E-state index in [2.05, 4.69) is 54.0 Å². The zero-order valence-electron chi connectivity index (χ0n) is 18.8. The van der Waals surface area contributed by atoms with Gasteiger partial charge < -0.3 is 9.30 Å². The molecule has 0 fully saturated rings. The van der Waals surface area contributed by atoms with Crippen LogP contribution in [0.15, 0.2) is 107 Å². The molecule has 34 heavy (non-hydrogen) atoms. The molecule has 5 aromatic rings. The number of esters is 1. The molecule has 4 aromatic carbocycles. The van der Waals surface area contributed by atoms with E-state index < -0.39 is 0 Å². The van der Waals surface area contributed by atoms with E-state index in [0.29, 0.717) is 10.6 Å². The topological polar surface area (TPSA) is 31.2 Å². The van der Waals surface area contributed by atoms with Crippen LogP contribution in [-0.4, -0.2) is 17.6 Å². The Balaban J connectivity index is 1.60. The van der Waals surface area contributed by atoms with Crippen LogP contribution >= 0.6 is 23.4 Å². The summed E-state index contributed by atoms with van der Waals surface area (Å²) in [6, 6.07) is 32.4. The summed E-state index contributed by atoms with van der Waals surface area (Å²) in [6.07, 6.45) is 0. The molecule has 5 heteroatoms. The van der Waals surface area contributed by atoms with Gasteiger partial charge in [-0.1, -0.05) is 78.0 Å². The van der Waals surface area contributed by atoms with E-state index in [0.717, 1.165) is 32.1 Å². The number of rotatable bonds is 5. The van der Waals surface area contributed by atoms with E-state index in [1.54, 1.807) is 17.8 Å². The minimum absolute atomic E-state index is 0.341. The molecule has 0 aliphatic carbocycles. The first-order valence-corrected chi connectivity index (χ1v) is 12.1. The lowest BCUT2D eigenvalue weighted by Crippen LogP contribution is -2.00. The average Bonchev–Trinajstić information content (AvgIpc) is 3.14. The summed E-state index contributed by atoms with van der Waals surface area (Å²) in [7, 11) is 1.40. The molecule has 0 aliphatic rings. The number of ether oxygens (including phenoxy) is 1. The van der Waals surface area contributed by atoms with Gasteiger partial charge in [0.15, 0.2) is 0 Å². The van der Waals surface area contributed by atoms with Crippen molar-refractivity contribution in [1.82, 2.24) is 4.57 Å². The number of fused-ring (bicyclic) bond motifs is 1. The van der Waals surface area contributed by atoms with E-state index in [1.807, 2.05) is 48.5 Å². The summed E-state index contributed by atoms with van der Waals surface area (Å²) >= 11 is 8.04. The van der Waals surface area contributed by atoms with Gasteiger partial charge in [-0.15, -0.1) is 0 Å². The third-order valence-electron chi connectivity index (χ3n) is 5.82. The van der Waals surface area contributed by atoms with Gasteiger partial charge in [0.05, 0.1) is 18.2 Å². The third kappa shape index (κ3) is 4.23. The molecular formula is C29H22ClNO2S. The van der Waals surface area contributed by atoms with Gasteiger partial charge in [-0.2, -0.15) is 0 Å². The van der Waals surface area contributed by atoms with Crippen molar-refractivity contribution in [2.75, 3.05) is 7.11 Å². The first-order chi connectivity index (χ1) is 16.5. The molecule has 1 aromatic heterocycles. The molecule has 0 aliphatic heterocycles. The molecule has 0 spiro atoms. The fourth-order valence-electron chi connectivity index (χ4n) is 4.18. The third-order valence-corrected chi connectivity index (χ3v) is 7.26. The van der Waals surface area contributed by atoms with Gasteiger partial charge in [-0.05, 0) is 60.5 Å². The predicted octanol–water partition coefficient (Wildman–Crippen LogP) is 8.20. The van der Waals surface area contributed by atoms with Crippen LogP contribution in [0.1, 0.15) is 16.1 Å². The highest BCUT2D eigenvalue weighted by Crippen LogP contribution is 2.41. The number of nitrogens with zero attached hydrogens (tertiary/aromatic N) is 1. The number of methoxy groups -OCH3 is 1. The van der Waals surface area contributed by atoms with Crippen molar-refractivity contribution < 1.29 is 9.53 Å². The van der Waals surface area contributed by atoms with Crippen molar-refractivity contribution in [3.63, 3.8) is 0 Å². The number of carbonyl (C=O) groups excluding carboxylic acids is 1. The highest BCUT2D eigenvalue weighted by Gasteiger charge is 2.18. The molecule has 0 saturated heterocycles. The van der Waals surface area contributed by atoms with Gasteiger partial charge >= 0.3 is 5.97 Å². The van der Waals surface area contributed by atoms with E-state index in [9.17, 15) is 4.79 Å². The highest BCUT2D eigenvalue weighted by molar-refractivity contribution is 7.99. The van der Waals surface area contributed by atoms with Gasteiger partial charge in [0, 0.05) is 31.6 Å². The van der Waals surface area contributed by atoms with Crippen LogP contribution in [0.2, 0.25) is 5.02 Å². The number of aromatic nitrogens is 1. The molecule has 0 amide bonds. The summed E-state index contributed by atoms with van der Waals surface area (Å²) < 4.78 is 7.12. The number of hydrogen-bond acceptors (Lipinski definition) is 3. The zero-order valence-corrected chi connectivity index (χ0v) is 20.4. The minimum atomic E-state index is -0.341. The number of carbonyl (C=O) groups is 1. The minimum Gasteiger partial charge on any atom is -0.465 e. The molecule has 0 atom stereocenters. The van der Waals surface area contributed by atoms with Gasteiger partial charge in [0.2, 0.25) is 0 Å². The maximum atomic E-state index is 12.0. The SMILES string of the molecule is COC(=O)c1cccc(Sc2c(C)n(-c3ccc(-c4ccccc4)cc3)c3cc(Cl)ccc23)c1. The molecule has 168 valence electrons. The summed E-state index contributed by atoms with van der Waals surface area (Å²) in [4.78, 5) is 14.1. The number of hydrogen-bond donors (Lipinski definition) is 0. The highest BCUT2D eigenvalue weighted by atomic mass is 35.5. The second-order valence-electron chi connectivity index (χ2n) is 7.95. The van der Waals surface area contributed by atoms with Gasteiger partial charge in [0.25, 0.3) is 0 Å². The molecule has 0 bridgehead atoms. The Morgan fingerprint density at radius 2 is 1.59 bits per heavy atom. The number of benzene rings is 4. The molecule has 1 heterocycles. The Hall–Kier alpha value is -3.47. The Morgan fingerprint density at radius 1 is 0.853 bits per heavy atom. The second kappa shape index (κ2) is 9.41. The van der Waals surface area contributed by atoms with Crippen LogP contribution in [-0.2, 0) is 4.74 Å². The van der Waals surface area contributed by atoms with Gasteiger partial charge in [-0.3, -0.25) is 0 Å². The van der Waals surface area contributed by atoms with Crippen LogP contribution in [0, 0.1) is 6.92 Å². The van der Waals surface area contributed by atoms with Crippen molar-refractivity contribution in [3.05, 3.63) is 113 Å². The van der Waals surface area contributed by atoms with Gasteiger partial charge in [0.1, 0.15) is 0 Å². The summed E-state index contributed by atoms with van der Waals surface area (Å²) in [5.74, 6) is -0.341. The fraction of sp³-hybridized carbons (Fsp3) is 0.0690. The fourth-order valence-corrected chi connectivity index (χ4v) is 5.43. The van der Waals surface area contributed by atoms with Crippen molar-refractivity contribution in [2.24, 2.45) is 0 Å². The van der Waals surface area contributed by atoms with E-state index in [1.165, 1.54) is 18.2 Å². The summed E-state index contributed by atoms with van der Waals surface area (Å²) in [6.45, 7) is 2.12. The summed E-state index contributed by atoms with van der Waals surface area (Å²) in [5, 5.41) is 1.80. The van der Waals surface area contributed by atoms with Crippen molar-refractivity contribution in [1.29, 1.82) is 0 Å². The van der Waals surface area contributed by atoms with E-state index >= 15 is 0 Å². The lowest BCUT2D eigenvalue weighted by Gasteiger charge is -2.11. The summed E-state index contributed by atoms with van der Waals surface area (Å²) in [5.41, 5.74) is 6.12. The molecule has 0 saturated carbocycles. The van der Waals surface area contributed by atoms with Crippen molar-refractivity contribution in [3.8, 4) is 16.8 Å². The molecule has 3 nitrogen and oxygen atoms in total. The van der Waals surface area contributed by atoms with Crippen molar-refractivity contribution in [2.45, 2.75) is 16.7 Å². The molecule has 0 unspecified atom stereocenters. The maximum Gasteiger partial charge on any atom is 0.337 e. The smallest absolute Gasteiger partial charge is 0.337 e. The largest absolute Gasteiger partial charge is 0.465 e. The first-order valence-electron chi connectivity index (χ1n) is 10.9. The molecule has 0 N–H and O–H groups in total. The lowest BCUT2D eigenvalue weighted by atomic mass is 10.1. The standard InChI is InChI=1S/C29H22ClNO2S/c1-19-28(34-25-10-6-9-22(17-25)29(32)33-2)26-16-13-23(30)18-27(26)31(19)24-14-11-21(12-15-24)20-7-4-3-5-8-20/h3-18H,1-2H3. The predicted molar refractivity (Wildman–Crippen MR) is 140 cm³/mol. The maximum absolute atomic E-state index is 12.0. The normalized spacial score (nSPS) is 11.0. The molecular weight excluding hydrogens is 462 g/mol. The van der Waals surface area contributed by atoms with Crippen LogP contribution in [0.3, 0.4) is 0 Å². The second-order valence-corrected chi connectivity index (χ2v) is 9.47.